The molecule has 1 unspecified atom stereocenters. The minimum Gasteiger partial charge on any atom is -0.478 e. The molecule has 0 saturated carbocycles. The number of halogens is 1. The van der Waals surface area contributed by atoms with Crippen molar-refractivity contribution in [2.45, 2.75) is 12.5 Å². The predicted octanol–water partition coefficient (Wildman–Crippen LogP) is 3.38. The van der Waals surface area contributed by atoms with Crippen LogP contribution in [0.1, 0.15) is 22.3 Å². The number of hydrogen-bond acceptors (Lipinski definition) is 7. The molecule has 0 fully saturated rings. The van der Waals surface area contributed by atoms with Crippen LogP contribution in [0.15, 0.2) is 54.9 Å². The first-order valence-electron chi connectivity index (χ1n) is 10.0. The number of carbonyl (C=O) groups is 2. The number of aromatic nitrogens is 4. The quantitative estimate of drug-likeness (QED) is 0.352. The van der Waals surface area contributed by atoms with E-state index in [2.05, 4.69) is 26.2 Å². The first kappa shape index (κ1) is 24.3. The van der Waals surface area contributed by atoms with E-state index in [9.17, 15) is 9.59 Å². The van der Waals surface area contributed by atoms with Crippen LogP contribution in [-0.4, -0.2) is 61.8 Å². The molecule has 0 aliphatic heterocycles. The third kappa shape index (κ3) is 7.33. The molecule has 1 aromatic heterocycles. The summed E-state index contributed by atoms with van der Waals surface area (Å²) < 4.78 is 1.49. The van der Waals surface area contributed by atoms with Crippen molar-refractivity contribution in [3.63, 3.8) is 0 Å². The monoisotopic (exact) mass is 486 g/mol. The Bertz CT molecular complexity index is 1110. The van der Waals surface area contributed by atoms with E-state index in [4.69, 9.17) is 16.7 Å². The maximum absolute atomic E-state index is 12.6. The number of amides is 1. The van der Waals surface area contributed by atoms with Crippen LogP contribution in [0.2, 0.25) is 5.02 Å². The summed E-state index contributed by atoms with van der Waals surface area (Å²) in [4.78, 5) is 23.6. The van der Waals surface area contributed by atoms with Crippen molar-refractivity contribution < 1.29 is 14.7 Å². The number of aromatic carboxylic acids is 1. The van der Waals surface area contributed by atoms with Crippen molar-refractivity contribution in [2.24, 2.45) is 0 Å². The van der Waals surface area contributed by atoms with Gasteiger partial charge in [-0.3, -0.25) is 4.79 Å². The Morgan fingerprint density at radius 2 is 2.03 bits per heavy atom. The zero-order valence-corrected chi connectivity index (χ0v) is 19.4. The third-order valence-electron chi connectivity index (χ3n) is 4.70. The van der Waals surface area contributed by atoms with Crippen LogP contribution in [0.4, 0.5) is 5.69 Å². The molecule has 0 spiro atoms. The lowest BCUT2D eigenvalue weighted by atomic mass is 10.1. The Morgan fingerprint density at radius 1 is 1.24 bits per heavy atom. The fraction of sp³-hybridized carbons (Fsp3) is 0.227. The van der Waals surface area contributed by atoms with E-state index in [1.54, 1.807) is 48.2 Å². The number of thioether (sulfide) groups is 1. The number of carboxylic acid groups (broad SMARTS) is 1. The van der Waals surface area contributed by atoms with Gasteiger partial charge < -0.3 is 15.7 Å². The van der Waals surface area contributed by atoms with E-state index >= 15 is 0 Å². The van der Waals surface area contributed by atoms with Crippen molar-refractivity contribution in [1.29, 1.82) is 0 Å². The second-order valence-electron chi connectivity index (χ2n) is 7.04. The maximum Gasteiger partial charge on any atom is 0.335 e. The summed E-state index contributed by atoms with van der Waals surface area (Å²) in [6.07, 6.45) is 7.37. The number of carbonyl (C=O) groups excluding carboxylic acids is 1. The fourth-order valence-corrected chi connectivity index (χ4v) is 3.71. The van der Waals surface area contributed by atoms with Crippen molar-refractivity contribution in [3.8, 4) is 5.69 Å². The van der Waals surface area contributed by atoms with Gasteiger partial charge in [-0.1, -0.05) is 11.6 Å². The number of nitrogens with zero attached hydrogens (tertiary/aromatic N) is 4. The first-order chi connectivity index (χ1) is 16.0. The normalized spacial score (nSPS) is 11.9. The highest BCUT2D eigenvalue weighted by atomic mass is 35.5. The Morgan fingerprint density at radius 3 is 2.70 bits per heavy atom. The number of anilines is 1. The summed E-state index contributed by atoms with van der Waals surface area (Å²) in [6, 6.07) is 11.6. The van der Waals surface area contributed by atoms with Crippen LogP contribution in [0.3, 0.4) is 0 Å². The molecule has 0 saturated heterocycles. The lowest BCUT2D eigenvalue weighted by molar-refractivity contribution is -0.117. The third-order valence-corrected chi connectivity index (χ3v) is 5.58. The second kappa shape index (κ2) is 12.0. The van der Waals surface area contributed by atoms with Gasteiger partial charge in [0.05, 0.1) is 11.3 Å². The van der Waals surface area contributed by atoms with Gasteiger partial charge in [-0.05, 0) is 77.4 Å². The number of hydrogen-bond donors (Lipinski definition) is 3. The summed E-state index contributed by atoms with van der Waals surface area (Å²) >= 11 is 7.82. The number of benzene rings is 2. The van der Waals surface area contributed by atoms with E-state index < -0.39 is 5.97 Å². The summed E-state index contributed by atoms with van der Waals surface area (Å²) in [6.45, 7) is 0.500. The van der Waals surface area contributed by atoms with Crippen LogP contribution in [0.5, 0.6) is 0 Å². The smallest absolute Gasteiger partial charge is 0.335 e. The van der Waals surface area contributed by atoms with E-state index in [-0.39, 0.29) is 17.5 Å². The summed E-state index contributed by atoms with van der Waals surface area (Å²) in [5, 5.41) is 27.0. The topological polar surface area (TPSA) is 122 Å². The van der Waals surface area contributed by atoms with Crippen LogP contribution >= 0.6 is 23.4 Å². The zero-order valence-electron chi connectivity index (χ0n) is 17.8. The van der Waals surface area contributed by atoms with Crippen molar-refractivity contribution >= 4 is 47.0 Å². The van der Waals surface area contributed by atoms with Gasteiger partial charge in [0.2, 0.25) is 5.91 Å². The molecule has 0 bridgehead atoms. The van der Waals surface area contributed by atoms with Gasteiger partial charge >= 0.3 is 5.97 Å². The molecular formula is C22H23ClN6O3S. The Labute approximate surface area is 200 Å². The van der Waals surface area contributed by atoms with Gasteiger partial charge in [-0.25, -0.2) is 4.79 Å². The molecule has 0 aliphatic carbocycles. The number of rotatable bonds is 11. The van der Waals surface area contributed by atoms with Crippen molar-refractivity contribution in [2.75, 3.05) is 23.9 Å². The average molecular weight is 487 g/mol. The number of nitrogens with one attached hydrogen (secondary N) is 2. The van der Waals surface area contributed by atoms with Crippen molar-refractivity contribution in [3.05, 3.63) is 71.0 Å². The highest BCUT2D eigenvalue weighted by Crippen LogP contribution is 2.20. The maximum atomic E-state index is 12.6. The molecule has 3 rings (SSSR count). The predicted molar refractivity (Wildman–Crippen MR) is 130 cm³/mol. The van der Waals surface area contributed by atoms with Crippen molar-refractivity contribution in [1.82, 2.24) is 25.5 Å². The summed E-state index contributed by atoms with van der Waals surface area (Å²) in [5.74, 6) is -0.334. The minimum absolute atomic E-state index is 0.118. The van der Waals surface area contributed by atoms with Crippen LogP contribution < -0.4 is 10.6 Å². The zero-order chi connectivity index (χ0) is 23.6. The molecule has 0 aliphatic rings. The van der Waals surface area contributed by atoms with E-state index in [1.165, 1.54) is 29.2 Å². The average Bonchev–Trinajstić information content (AvgIpc) is 3.34. The molecule has 3 N–H and O–H groups in total. The fourth-order valence-electron chi connectivity index (χ4n) is 3.01. The Balaban J connectivity index is 1.64. The second-order valence-corrected chi connectivity index (χ2v) is 8.46. The molecule has 33 heavy (non-hydrogen) atoms. The lowest BCUT2D eigenvalue weighted by Gasteiger charge is -2.19. The van der Waals surface area contributed by atoms with Crippen LogP contribution in [-0.2, 0) is 4.79 Å². The molecule has 3 aromatic rings. The highest BCUT2D eigenvalue weighted by Gasteiger charge is 2.12. The summed E-state index contributed by atoms with van der Waals surface area (Å²) in [5.41, 5.74) is 2.39. The largest absolute Gasteiger partial charge is 0.478 e. The van der Waals surface area contributed by atoms with Gasteiger partial charge in [0.1, 0.15) is 6.33 Å². The van der Waals surface area contributed by atoms with Gasteiger partial charge in [0.25, 0.3) is 0 Å². The number of tetrazole rings is 1. The molecule has 172 valence electrons. The van der Waals surface area contributed by atoms with E-state index in [1.807, 2.05) is 6.26 Å². The standard InChI is InChI=1S/C22H23ClN6O3S/c1-33-11-10-19(13-24-18-6-2-15(3-7-18)22(31)32)26-21(30)9-4-16-12-17(23)5-8-20(16)29-14-25-27-28-29/h2-9,12,14,19,24H,10-11,13H2,1H3,(H,26,30)(H,31,32)/b9-4+. The van der Waals surface area contributed by atoms with Gasteiger partial charge in [0, 0.05) is 34.9 Å². The molecule has 1 heterocycles. The minimum atomic E-state index is -0.971. The van der Waals surface area contributed by atoms with E-state index in [0.717, 1.165) is 17.9 Å². The van der Waals surface area contributed by atoms with Crippen LogP contribution in [0.25, 0.3) is 11.8 Å². The molecule has 1 atom stereocenters. The first-order valence-corrected chi connectivity index (χ1v) is 11.8. The lowest BCUT2D eigenvalue weighted by Crippen LogP contribution is -2.39. The Kier molecular flexibility index (Phi) is 8.85. The van der Waals surface area contributed by atoms with Gasteiger partial charge in [-0.15, -0.1) is 5.10 Å². The molecule has 0 radical (unpaired) electrons. The van der Waals surface area contributed by atoms with Gasteiger partial charge in [0.15, 0.2) is 0 Å². The van der Waals surface area contributed by atoms with Crippen LogP contribution in [0, 0.1) is 0 Å². The molecule has 2 aromatic carbocycles. The van der Waals surface area contributed by atoms with Gasteiger partial charge in [-0.2, -0.15) is 16.4 Å². The Hall–Kier alpha value is -3.37. The van der Waals surface area contributed by atoms with E-state index in [0.29, 0.717) is 22.8 Å². The molecule has 11 heteroatoms. The summed E-state index contributed by atoms with van der Waals surface area (Å²) in [7, 11) is 0. The molecule has 9 nitrogen and oxygen atoms in total. The molecular weight excluding hydrogens is 464 g/mol. The molecule has 1 amide bonds. The number of carboxylic acids is 1. The SMILES string of the molecule is CSCCC(CNc1ccc(C(=O)O)cc1)NC(=O)/C=C/c1cc(Cl)ccc1-n1cnnn1. The highest BCUT2D eigenvalue weighted by molar-refractivity contribution is 7.98.